The van der Waals surface area contributed by atoms with Crippen molar-refractivity contribution in [3.8, 4) is 0 Å². The molecule has 3 aliphatic rings. The Hall–Kier alpha value is -2.32. The monoisotopic (exact) mass is 347 g/mol. The van der Waals surface area contributed by atoms with E-state index in [1.807, 2.05) is 4.90 Å². The molecular weight excluding hydrogens is 326 g/mol. The van der Waals surface area contributed by atoms with Gasteiger partial charge < -0.3 is 24.8 Å². The number of hydrogen-bond donors (Lipinski definition) is 2. The Bertz CT molecular complexity index is 787. The molecule has 3 atom stereocenters. The molecule has 3 aliphatic heterocycles. The van der Waals surface area contributed by atoms with Gasteiger partial charge in [0, 0.05) is 12.8 Å². The largest absolute Gasteiger partial charge is 0.444 e. The minimum Gasteiger partial charge on any atom is -0.444 e. The first-order valence-electron chi connectivity index (χ1n) is 8.14. The summed E-state index contributed by atoms with van der Waals surface area (Å²) in [5, 5.41) is 2.62. The second-order valence-corrected chi connectivity index (χ2v) is 7.52. The number of nitrogens with zero attached hydrogens (tertiary/aromatic N) is 1. The lowest BCUT2D eigenvalue weighted by molar-refractivity contribution is -0.0103. The fourth-order valence-corrected chi connectivity index (χ4v) is 3.74. The molecule has 2 saturated heterocycles. The molecule has 2 fully saturated rings. The Morgan fingerprint density at radius 3 is 2.80 bits per heavy atom. The zero-order valence-electron chi connectivity index (χ0n) is 14.6. The lowest BCUT2D eigenvalue weighted by Crippen LogP contribution is -2.53. The molecule has 1 amide bonds. The van der Waals surface area contributed by atoms with E-state index in [2.05, 4.69) is 5.32 Å². The Morgan fingerprint density at radius 2 is 2.16 bits per heavy atom. The van der Waals surface area contributed by atoms with Crippen LogP contribution >= 0.6 is 0 Å². The molecular formula is C17H21N3O5. The molecule has 3 heterocycles. The first-order valence-corrected chi connectivity index (χ1v) is 8.14. The van der Waals surface area contributed by atoms with Crippen LogP contribution in [0.2, 0.25) is 0 Å². The van der Waals surface area contributed by atoms with Crippen LogP contribution in [0.25, 0.3) is 0 Å². The molecule has 8 nitrogen and oxygen atoms in total. The van der Waals surface area contributed by atoms with Gasteiger partial charge in [-0.1, -0.05) is 0 Å². The molecule has 0 saturated carbocycles. The van der Waals surface area contributed by atoms with E-state index < -0.39 is 17.4 Å². The molecule has 0 aromatic heterocycles. The number of nitrogens with one attached hydrogen (secondary N) is 1. The van der Waals surface area contributed by atoms with Crippen LogP contribution in [0.15, 0.2) is 12.1 Å². The van der Waals surface area contributed by atoms with Gasteiger partial charge in [-0.3, -0.25) is 10.1 Å². The van der Waals surface area contributed by atoms with Gasteiger partial charge in [-0.05, 0) is 32.9 Å². The summed E-state index contributed by atoms with van der Waals surface area (Å²) in [7, 11) is 1.50. The molecule has 25 heavy (non-hydrogen) atoms. The highest BCUT2D eigenvalue weighted by Crippen LogP contribution is 2.55. The Kier molecular flexibility index (Phi) is 3.14. The highest BCUT2D eigenvalue weighted by atomic mass is 16.6. The summed E-state index contributed by atoms with van der Waals surface area (Å²) in [5.41, 5.74) is 6.27. The van der Waals surface area contributed by atoms with E-state index in [4.69, 9.17) is 19.9 Å². The van der Waals surface area contributed by atoms with Crippen molar-refractivity contribution in [2.24, 2.45) is 0 Å². The van der Waals surface area contributed by atoms with Crippen molar-refractivity contribution < 1.29 is 23.8 Å². The van der Waals surface area contributed by atoms with Crippen molar-refractivity contribution in [2.75, 3.05) is 29.6 Å². The number of rotatable bonds is 2. The van der Waals surface area contributed by atoms with Crippen molar-refractivity contribution in [1.82, 2.24) is 0 Å². The van der Waals surface area contributed by atoms with Gasteiger partial charge in [0.2, 0.25) is 11.5 Å². The van der Waals surface area contributed by atoms with Gasteiger partial charge >= 0.3 is 6.09 Å². The number of benzene rings is 1. The third kappa shape index (κ3) is 2.21. The van der Waals surface area contributed by atoms with Crippen molar-refractivity contribution >= 4 is 28.9 Å². The number of ketones is 1. The van der Waals surface area contributed by atoms with Gasteiger partial charge in [0.25, 0.3) is 0 Å². The van der Waals surface area contributed by atoms with Crippen LogP contribution in [0.3, 0.4) is 0 Å². The number of Topliss-reactive ketones (excluding diaryl/α,β-unsaturated/α-hetero) is 1. The zero-order valence-corrected chi connectivity index (χ0v) is 14.6. The second-order valence-electron chi connectivity index (χ2n) is 7.52. The van der Waals surface area contributed by atoms with Crippen LogP contribution in [-0.4, -0.2) is 49.1 Å². The molecule has 1 aromatic carbocycles. The van der Waals surface area contributed by atoms with Crippen LogP contribution < -0.4 is 16.0 Å². The number of carbonyl (C=O) groups is 2. The topological polar surface area (TPSA) is 106 Å². The number of fused-ring (bicyclic) bond motifs is 5. The van der Waals surface area contributed by atoms with E-state index in [1.165, 1.54) is 7.11 Å². The summed E-state index contributed by atoms with van der Waals surface area (Å²) in [6.07, 6.45) is -0.889. The molecule has 0 unspecified atom stereocenters. The summed E-state index contributed by atoms with van der Waals surface area (Å²) in [6.45, 7) is 5.88. The fourth-order valence-electron chi connectivity index (χ4n) is 3.74. The molecule has 8 heteroatoms. The van der Waals surface area contributed by atoms with Crippen LogP contribution in [0.5, 0.6) is 0 Å². The van der Waals surface area contributed by atoms with Gasteiger partial charge in [0.15, 0.2) is 0 Å². The number of hydrogen-bond acceptors (Lipinski definition) is 7. The summed E-state index contributed by atoms with van der Waals surface area (Å²) >= 11 is 0. The maximum Gasteiger partial charge on any atom is 0.412 e. The van der Waals surface area contributed by atoms with E-state index in [9.17, 15) is 9.59 Å². The lowest BCUT2D eigenvalue weighted by atomic mass is 10.0. The number of anilines is 3. The molecule has 134 valence electrons. The Balaban J connectivity index is 1.67. The summed E-state index contributed by atoms with van der Waals surface area (Å²) < 4.78 is 16.4. The predicted molar refractivity (Wildman–Crippen MR) is 90.8 cm³/mol. The number of nitrogens with two attached hydrogens (primary N) is 1. The summed E-state index contributed by atoms with van der Waals surface area (Å²) in [6, 6.07) is 3.22. The number of nitrogen functional groups attached to an aromatic ring is 1. The molecule has 0 bridgehead atoms. The summed E-state index contributed by atoms with van der Waals surface area (Å²) in [4.78, 5) is 26.9. The van der Waals surface area contributed by atoms with E-state index in [1.54, 1.807) is 32.9 Å². The highest BCUT2D eigenvalue weighted by Gasteiger charge is 2.72. The van der Waals surface area contributed by atoms with E-state index in [-0.39, 0.29) is 18.0 Å². The molecule has 3 N–H and O–H groups in total. The minimum absolute atomic E-state index is 0.00369. The SMILES string of the molecule is CO[C@]12C(=O)c3cc(NC(=O)OC(C)(C)C)cc(N)c3N1C[C@H]1O[C@H]12. The Labute approximate surface area is 145 Å². The molecule has 0 aliphatic carbocycles. The van der Waals surface area contributed by atoms with Crippen molar-refractivity contribution in [2.45, 2.75) is 44.3 Å². The van der Waals surface area contributed by atoms with Crippen molar-refractivity contribution in [3.63, 3.8) is 0 Å². The number of carbonyl (C=O) groups excluding carboxylic acids is 2. The first-order chi connectivity index (χ1) is 11.7. The summed E-state index contributed by atoms with van der Waals surface area (Å²) in [5.74, 6) is -0.200. The third-order valence-electron chi connectivity index (χ3n) is 4.67. The number of ether oxygens (including phenoxy) is 3. The zero-order chi connectivity index (χ0) is 18.1. The van der Waals surface area contributed by atoms with Crippen LogP contribution in [0, 0.1) is 0 Å². The molecule has 4 rings (SSSR count). The van der Waals surface area contributed by atoms with Crippen LogP contribution in [0.1, 0.15) is 31.1 Å². The molecule has 0 radical (unpaired) electrons. The standard InChI is InChI=1S/C17H21N3O5/c1-16(2,3)25-15(22)19-8-5-9-12(10(18)6-8)20-7-11-14(24-11)17(20,23-4)13(9)21/h5-6,11,14H,7,18H2,1-4H3,(H,19,22)/t11-,14-,17+/m1/s1. The predicted octanol–water partition coefficient (Wildman–Crippen LogP) is 1.74. The van der Waals surface area contributed by atoms with E-state index in [0.29, 0.717) is 29.2 Å². The maximum atomic E-state index is 13.0. The van der Waals surface area contributed by atoms with Gasteiger partial charge in [-0.2, -0.15) is 0 Å². The van der Waals surface area contributed by atoms with Gasteiger partial charge in [0.05, 0.1) is 23.5 Å². The van der Waals surface area contributed by atoms with E-state index in [0.717, 1.165) is 0 Å². The number of epoxide rings is 1. The highest BCUT2D eigenvalue weighted by molar-refractivity contribution is 6.17. The minimum atomic E-state index is -1.15. The quantitative estimate of drug-likeness (QED) is 0.620. The second kappa shape index (κ2) is 4.86. The molecule has 1 aromatic rings. The lowest BCUT2D eigenvalue weighted by Gasteiger charge is -2.32. The van der Waals surface area contributed by atoms with E-state index >= 15 is 0 Å². The number of amides is 1. The average Bonchev–Trinajstić information content (AvgIpc) is 3.11. The normalized spacial score (nSPS) is 29.1. The smallest absolute Gasteiger partial charge is 0.412 e. The average molecular weight is 347 g/mol. The van der Waals surface area contributed by atoms with Crippen LogP contribution in [-0.2, 0) is 14.2 Å². The van der Waals surface area contributed by atoms with Crippen molar-refractivity contribution in [3.05, 3.63) is 17.7 Å². The maximum absolute atomic E-state index is 13.0. The first kappa shape index (κ1) is 16.2. The van der Waals surface area contributed by atoms with Gasteiger partial charge in [-0.25, -0.2) is 4.79 Å². The fraction of sp³-hybridized carbons (Fsp3) is 0.529. The third-order valence-corrected chi connectivity index (χ3v) is 4.67. The van der Waals surface area contributed by atoms with Gasteiger partial charge in [-0.15, -0.1) is 0 Å². The molecule has 0 spiro atoms. The number of morpholine rings is 1. The van der Waals surface area contributed by atoms with Crippen molar-refractivity contribution in [1.29, 1.82) is 0 Å². The number of methoxy groups -OCH3 is 1. The van der Waals surface area contributed by atoms with Crippen LogP contribution in [0.4, 0.5) is 21.9 Å². The van der Waals surface area contributed by atoms with Gasteiger partial charge in [0.1, 0.15) is 17.8 Å². The Morgan fingerprint density at radius 1 is 1.44 bits per heavy atom.